The smallest absolute Gasteiger partial charge is 0.202 e. The normalized spacial score (nSPS) is 22.4. The number of phenols is 2. The molecular formula is C17H14O6. The third kappa shape index (κ3) is 2.33. The molecule has 0 aromatic heterocycles. The van der Waals surface area contributed by atoms with E-state index in [9.17, 15) is 24.9 Å². The van der Waals surface area contributed by atoms with Gasteiger partial charge in [0.05, 0.1) is 5.56 Å². The van der Waals surface area contributed by atoms with Gasteiger partial charge in [0, 0.05) is 11.5 Å². The Hall–Kier alpha value is -2.86. The van der Waals surface area contributed by atoms with Crippen LogP contribution in [-0.2, 0) is 4.79 Å². The molecule has 2 aliphatic rings. The summed E-state index contributed by atoms with van der Waals surface area (Å²) < 4.78 is 5.33. The highest BCUT2D eigenvalue weighted by atomic mass is 16.5. The molecule has 0 spiro atoms. The Morgan fingerprint density at radius 1 is 1.17 bits per heavy atom. The topological polar surface area (TPSA) is 104 Å². The van der Waals surface area contributed by atoms with Gasteiger partial charge in [-0.1, -0.05) is 24.3 Å². The maximum atomic E-state index is 12.5. The number of phenolic OH excluding ortho intramolecular Hbond substituents is 2. The molecule has 3 rings (SSSR count). The SMILES string of the molecule is O=CC=CC1C=Cc2c3c(c(O)c(O)c2C(=O)C1O)OCC=C3. The standard InChI is InChI=1S/C17H14O6/c18-7-1-3-9-5-6-10-11-4-2-8-23-17(11)16(22)15(21)12(10)14(20)13(9)19/h1-7,9,13,19,21-22H,8H2. The Labute approximate surface area is 131 Å². The van der Waals surface area contributed by atoms with Crippen molar-refractivity contribution in [2.24, 2.45) is 5.92 Å². The lowest BCUT2D eigenvalue weighted by molar-refractivity contribution is -0.104. The molecule has 0 fully saturated rings. The molecule has 0 saturated carbocycles. The second-order valence-corrected chi connectivity index (χ2v) is 5.21. The van der Waals surface area contributed by atoms with Crippen LogP contribution in [0.25, 0.3) is 12.2 Å². The number of aliphatic hydroxyl groups is 1. The highest BCUT2D eigenvalue weighted by Gasteiger charge is 2.34. The average Bonchev–Trinajstić information content (AvgIpc) is 2.69. The van der Waals surface area contributed by atoms with Crippen LogP contribution < -0.4 is 4.74 Å². The van der Waals surface area contributed by atoms with Gasteiger partial charge in [-0.05, 0) is 17.7 Å². The highest BCUT2D eigenvalue weighted by Crippen LogP contribution is 2.47. The van der Waals surface area contributed by atoms with E-state index in [-0.39, 0.29) is 17.9 Å². The number of rotatable bonds is 2. The van der Waals surface area contributed by atoms with Crippen molar-refractivity contribution in [3.05, 3.63) is 41.0 Å². The van der Waals surface area contributed by atoms with Gasteiger partial charge in [-0.25, -0.2) is 0 Å². The largest absolute Gasteiger partial charge is 0.504 e. The van der Waals surface area contributed by atoms with E-state index >= 15 is 0 Å². The number of carbonyl (C=O) groups excluding carboxylic acids is 2. The van der Waals surface area contributed by atoms with Crippen molar-refractivity contribution in [1.29, 1.82) is 0 Å². The van der Waals surface area contributed by atoms with Gasteiger partial charge in [0.1, 0.15) is 19.0 Å². The Morgan fingerprint density at radius 3 is 2.70 bits per heavy atom. The second-order valence-electron chi connectivity index (χ2n) is 5.21. The van der Waals surface area contributed by atoms with Crippen molar-refractivity contribution in [2.45, 2.75) is 6.10 Å². The molecular weight excluding hydrogens is 300 g/mol. The first-order valence-corrected chi connectivity index (χ1v) is 7.00. The second kappa shape index (κ2) is 5.73. The number of hydrogen-bond acceptors (Lipinski definition) is 6. The molecule has 3 N–H and O–H groups in total. The zero-order valence-corrected chi connectivity index (χ0v) is 12.0. The molecule has 2 unspecified atom stereocenters. The minimum atomic E-state index is -1.47. The number of ketones is 1. The molecule has 6 nitrogen and oxygen atoms in total. The minimum Gasteiger partial charge on any atom is -0.504 e. The summed E-state index contributed by atoms with van der Waals surface area (Å²) in [6, 6.07) is 0. The average molecular weight is 314 g/mol. The first-order valence-electron chi connectivity index (χ1n) is 7.00. The van der Waals surface area contributed by atoms with Crippen molar-refractivity contribution >= 4 is 24.2 Å². The Morgan fingerprint density at radius 2 is 1.96 bits per heavy atom. The van der Waals surface area contributed by atoms with E-state index in [1.165, 1.54) is 12.2 Å². The zero-order chi connectivity index (χ0) is 16.6. The number of ether oxygens (including phenoxy) is 1. The third-order valence-corrected chi connectivity index (χ3v) is 3.87. The van der Waals surface area contributed by atoms with Crippen LogP contribution in [0.3, 0.4) is 0 Å². The van der Waals surface area contributed by atoms with Crippen LogP contribution in [0.1, 0.15) is 21.5 Å². The monoisotopic (exact) mass is 314 g/mol. The van der Waals surface area contributed by atoms with Gasteiger partial charge < -0.3 is 20.1 Å². The summed E-state index contributed by atoms with van der Waals surface area (Å²) in [5.74, 6) is -2.51. The Bertz CT molecular complexity index is 772. The predicted molar refractivity (Wildman–Crippen MR) is 82.4 cm³/mol. The molecule has 6 heteroatoms. The molecule has 1 aromatic rings. The minimum absolute atomic E-state index is 0.0950. The van der Waals surface area contributed by atoms with Gasteiger partial charge >= 0.3 is 0 Å². The van der Waals surface area contributed by atoms with Crippen LogP contribution >= 0.6 is 0 Å². The van der Waals surface area contributed by atoms with E-state index in [2.05, 4.69) is 0 Å². The lowest BCUT2D eigenvalue weighted by atomic mass is 9.92. The molecule has 0 radical (unpaired) electrons. The van der Waals surface area contributed by atoms with Crippen LogP contribution in [0.5, 0.6) is 17.2 Å². The van der Waals surface area contributed by atoms with E-state index in [0.29, 0.717) is 17.4 Å². The number of aromatic hydroxyl groups is 2. The summed E-state index contributed by atoms with van der Waals surface area (Å²) in [4.78, 5) is 23.0. The van der Waals surface area contributed by atoms with E-state index in [0.717, 1.165) is 0 Å². The van der Waals surface area contributed by atoms with Gasteiger partial charge in [-0.3, -0.25) is 9.59 Å². The van der Waals surface area contributed by atoms with Crippen molar-refractivity contribution in [3.8, 4) is 17.2 Å². The molecule has 0 bridgehead atoms. The number of aldehydes is 1. The van der Waals surface area contributed by atoms with Crippen LogP contribution in [0.15, 0.2) is 24.3 Å². The third-order valence-electron chi connectivity index (χ3n) is 3.87. The van der Waals surface area contributed by atoms with Gasteiger partial charge in [0.2, 0.25) is 5.75 Å². The van der Waals surface area contributed by atoms with Gasteiger partial charge in [0.25, 0.3) is 0 Å². The molecule has 23 heavy (non-hydrogen) atoms. The molecule has 1 aliphatic heterocycles. The predicted octanol–water partition coefficient (Wildman–Crippen LogP) is 1.45. The fraction of sp³-hybridized carbons (Fsp3) is 0.176. The highest BCUT2D eigenvalue weighted by molar-refractivity contribution is 6.08. The number of allylic oxidation sites excluding steroid dienone is 1. The van der Waals surface area contributed by atoms with Crippen LogP contribution in [0, 0.1) is 5.92 Å². The zero-order valence-electron chi connectivity index (χ0n) is 12.0. The van der Waals surface area contributed by atoms with Crippen LogP contribution in [0.4, 0.5) is 0 Å². The summed E-state index contributed by atoms with van der Waals surface area (Å²) in [7, 11) is 0. The summed E-state index contributed by atoms with van der Waals surface area (Å²) in [5.41, 5.74) is 0.651. The van der Waals surface area contributed by atoms with E-state index in [1.807, 2.05) is 0 Å². The number of benzene rings is 1. The molecule has 118 valence electrons. The van der Waals surface area contributed by atoms with Crippen molar-refractivity contribution < 1.29 is 29.6 Å². The van der Waals surface area contributed by atoms with Crippen LogP contribution in [0.2, 0.25) is 0 Å². The summed E-state index contributed by atoms with van der Waals surface area (Å²) in [6.07, 6.45) is 8.19. The lowest BCUT2D eigenvalue weighted by Crippen LogP contribution is -2.27. The van der Waals surface area contributed by atoms with E-state index in [1.54, 1.807) is 24.3 Å². The molecule has 0 saturated heterocycles. The van der Waals surface area contributed by atoms with Crippen molar-refractivity contribution in [2.75, 3.05) is 6.61 Å². The fourth-order valence-electron chi connectivity index (χ4n) is 2.75. The number of hydrogen-bond donors (Lipinski definition) is 3. The number of fused-ring (bicyclic) bond motifs is 3. The lowest BCUT2D eigenvalue weighted by Gasteiger charge is -2.20. The van der Waals surface area contributed by atoms with E-state index < -0.39 is 29.3 Å². The molecule has 2 atom stereocenters. The van der Waals surface area contributed by atoms with Crippen LogP contribution in [-0.4, -0.2) is 40.1 Å². The molecule has 1 heterocycles. The van der Waals surface area contributed by atoms with Crippen molar-refractivity contribution in [3.63, 3.8) is 0 Å². The van der Waals surface area contributed by atoms with Crippen molar-refractivity contribution in [1.82, 2.24) is 0 Å². The quantitative estimate of drug-likeness (QED) is 0.433. The number of aliphatic hydroxyl groups excluding tert-OH is 1. The first kappa shape index (κ1) is 15.1. The number of carbonyl (C=O) groups is 2. The van der Waals surface area contributed by atoms with E-state index in [4.69, 9.17) is 4.74 Å². The fourth-order valence-corrected chi connectivity index (χ4v) is 2.75. The summed E-state index contributed by atoms with van der Waals surface area (Å²) in [6.45, 7) is 0.240. The molecule has 1 aromatic carbocycles. The summed E-state index contributed by atoms with van der Waals surface area (Å²) >= 11 is 0. The number of Topliss-reactive ketones (excluding diaryl/α,β-unsaturated/α-hetero) is 1. The Kier molecular flexibility index (Phi) is 3.75. The van der Waals surface area contributed by atoms with Gasteiger partial charge in [-0.15, -0.1) is 0 Å². The maximum absolute atomic E-state index is 12.5. The maximum Gasteiger partial charge on any atom is 0.202 e. The molecule has 1 aliphatic carbocycles. The Balaban J connectivity index is 2.24. The van der Waals surface area contributed by atoms with Gasteiger partial charge in [-0.2, -0.15) is 0 Å². The first-order chi connectivity index (χ1) is 11.1. The molecule has 0 amide bonds. The summed E-state index contributed by atoms with van der Waals surface area (Å²) in [5, 5.41) is 30.5. The van der Waals surface area contributed by atoms with Gasteiger partial charge in [0.15, 0.2) is 17.3 Å².